The number of rotatable bonds is 13. The molecule has 4 aromatic rings. The van der Waals surface area contributed by atoms with Gasteiger partial charge in [0.15, 0.2) is 6.10 Å². The summed E-state index contributed by atoms with van der Waals surface area (Å²) in [6, 6.07) is 23.4. The number of ether oxygens (including phenoxy) is 4. The quantitative estimate of drug-likeness (QED) is 0.112. The van der Waals surface area contributed by atoms with E-state index >= 15 is 0 Å². The third kappa shape index (κ3) is 9.10. The number of allylic oxidation sites excluding steroid dienone is 1. The van der Waals surface area contributed by atoms with Crippen molar-refractivity contribution in [2.45, 2.75) is 38.7 Å². The summed E-state index contributed by atoms with van der Waals surface area (Å²) in [5.41, 5.74) is 2.29. The van der Waals surface area contributed by atoms with Crippen molar-refractivity contribution in [1.82, 2.24) is 0 Å². The van der Waals surface area contributed by atoms with Gasteiger partial charge in [-0.3, -0.25) is 0 Å². The maximum Gasteiger partial charge on any atom is 0.416 e. The molecular weight excluding hydrogens is 576 g/mol. The molecule has 0 aliphatic heterocycles. The van der Waals surface area contributed by atoms with E-state index in [0.717, 1.165) is 23.3 Å². The van der Waals surface area contributed by atoms with Crippen LogP contribution in [-0.2, 0) is 22.3 Å². The Morgan fingerprint density at radius 2 is 1.50 bits per heavy atom. The molecule has 230 valence electrons. The molecule has 1 unspecified atom stereocenters. The number of hydrogen-bond donors (Lipinski definition) is 0. The van der Waals surface area contributed by atoms with Crippen LogP contribution in [0.3, 0.4) is 0 Å². The van der Waals surface area contributed by atoms with Gasteiger partial charge in [-0.15, -0.1) is 0 Å². The van der Waals surface area contributed by atoms with Crippen LogP contribution in [0.25, 0.3) is 17.2 Å². The Hall–Kier alpha value is -4.79. The zero-order valence-electron chi connectivity index (χ0n) is 24.3. The molecule has 9 heteroatoms. The highest BCUT2D eigenvalue weighted by Gasteiger charge is 2.30. The lowest BCUT2D eigenvalue weighted by Crippen LogP contribution is -2.29. The van der Waals surface area contributed by atoms with E-state index in [1.54, 1.807) is 56.5 Å². The first-order chi connectivity index (χ1) is 21.2. The number of carbonyl (C=O) groups excluding carboxylic acids is 1. The van der Waals surface area contributed by atoms with E-state index < -0.39 is 23.8 Å². The van der Waals surface area contributed by atoms with E-state index in [1.165, 1.54) is 24.3 Å². The first kappa shape index (κ1) is 32.1. The normalized spacial score (nSPS) is 12.1. The van der Waals surface area contributed by atoms with Crippen LogP contribution in [0.5, 0.6) is 17.2 Å². The van der Waals surface area contributed by atoms with Crippen molar-refractivity contribution in [2.24, 2.45) is 0 Å². The molecule has 0 aliphatic rings. The van der Waals surface area contributed by atoms with E-state index in [0.29, 0.717) is 41.2 Å². The number of halogens is 4. The summed E-state index contributed by atoms with van der Waals surface area (Å²) in [5, 5.41) is 0. The summed E-state index contributed by atoms with van der Waals surface area (Å²) in [6.45, 7) is 2.01. The molecule has 0 N–H and O–H groups in total. The molecule has 4 aromatic carbocycles. The minimum atomic E-state index is -4.40. The van der Waals surface area contributed by atoms with Crippen LogP contribution < -0.4 is 14.2 Å². The Morgan fingerprint density at radius 3 is 2.11 bits per heavy atom. The Kier molecular flexibility index (Phi) is 11.0. The summed E-state index contributed by atoms with van der Waals surface area (Å²) in [4.78, 5) is 12.7. The topological polar surface area (TPSA) is 54.0 Å². The number of esters is 1. The maximum absolute atomic E-state index is 13.3. The number of benzene rings is 4. The largest absolute Gasteiger partial charge is 0.497 e. The second kappa shape index (κ2) is 15.1. The molecule has 1 atom stereocenters. The highest BCUT2D eigenvalue weighted by atomic mass is 19.4. The van der Waals surface area contributed by atoms with E-state index in [1.807, 2.05) is 24.3 Å². The smallest absolute Gasteiger partial charge is 0.416 e. The standard InChI is InChI=1S/C35H32F4O5/c1-3-42-34(40)33(44-30-18-12-26(13-19-30)25-10-16-29(36)17-11-25)7-5-4-6-27-22-31(41-2)20-21-32(27)43-23-24-8-14-28(15-9-24)35(37,38)39/h4,6,8-22,33H,3,5,7,23H2,1-2H3. The van der Waals surface area contributed by atoms with Gasteiger partial charge in [-0.25, -0.2) is 9.18 Å². The molecule has 0 aliphatic carbocycles. The molecule has 5 nitrogen and oxygen atoms in total. The molecule has 0 radical (unpaired) electrons. The lowest BCUT2D eigenvalue weighted by molar-refractivity contribution is -0.151. The first-order valence-electron chi connectivity index (χ1n) is 14.0. The summed E-state index contributed by atoms with van der Waals surface area (Å²) in [7, 11) is 1.54. The Labute approximate surface area is 253 Å². The van der Waals surface area contributed by atoms with Gasteiger partial charge in [-0.2, -0.15) is 13.2 Å². The van der Waals surface area contributed by atoms with Crippen LogP contribution in [-0.4, -0.2) is 25.8 Å². The second-order valence-electron chi connectivity index (χ2n) is 9.76. The summed E-state index contributed by atoms with van der Waals surface area (Å²) in [5.74, 6) is 0.813. The third-order valence-corrected chi connectivity index (χ3v) is 6.65. The number of methoxy groups -OCH3 is 1. The van der Waals surface area contributed by atoms with Crippen molar-refractivity contribution < 1.29 is 41.3 Å². The van der Waals surface area contributed by atoms with Gasteiger partial charge in [0.05, 0.1) is 19.3 Å². The highest BCUT2D eigenvalue weighted by Crippen LogP contribution is 2.30. The van der Waals surface area contributed by atoms with Crippen LogP contribution in [0, 0.1) is 5.82 Å². The number of hydrogen-bond acceptors (Lipinski definition) is 5. The van der Waals surface area contributed by atoms with Crippen LogP contribution >= 0.6 is 0 Å². The molecule has 0 fully saturated rings. The molecule has 0 saturated heterocycles. The Bertz CT molecular complexity index is 1530. The molecule has 0 heterocycles. The predicted octanol–water partition coefficient (Wildman–Crippen LogP) is 8.90. The number of carbonyl (C=O) groups is 1. The molecule has 0 amide bonds. The molecule has 0 bridgehead atoms. The first-order valence-corrected chi connectivity index (χ1v) is 14.0. The Morgan fingerprint density at radius 1 is 0.864 bits per heavy atom. The molecule has 44 heavy (non-hydrogen) atoms. The van der Waals surface area contributed by atoms with Gasteiger partial charge in [0.25, 0.3) is 0 Å². The van der Waals surface area contributed by atoms with Gasteiger partial charge >= 0.3 is 12.1 Å². The molecule has 0 aromatic heterocycles. The van der Waals surface area contributed by atoms with Crippen molar-refractivity contribution in [3.05, 3.63) is 120 Å². The SMILES string of the molecule is CCOC(=O)C(CCC=Cc1cc(OC)ccc1OCc1ccc(C(F)(F)F)cc1)Oc1ccc(-c2ccc(F)cc2)cc1. The summed E-state index contributed by atoms with van der Waals surface area (Å²) < 4.78 is 74.3. The second-order valence-corrected chi connectivity index (χ2v) is 9.76. The average molecular weight is 609 g/mol. The average Bonchev–Trinajstić information content (AvgIpc) is 3.02. The van der Waals surface area contributed by atoms with Crippen molar-refractivity contribution in [3.63, 3.8) is 0 Å². The van der Waals surface area contributed by atoms with E-state index in [-0.39, 0.29) is 19.0 Å². The van der Waals surface area contributed by atoms with Crippen molar-refractivity contribution in [1.29, 1.82) is 0 Å². The van der Waals surface area contributed by atoms with Crippen molar-refractivity contribution >= 4 is 12.0 Å². The van der Waals surface area contributed by atoms with Gasteiger partial charge in [-0.1, -0.05) is 48.6 Å². The van der Waals surface area contributed by atoms with E-state index in [9.17, 15) is 22.4 Å². The summed E-state index contributed by atoms with van der Waals surface area (Å²) >= 11 is 0. The fraction of sp³-hybridized carbons (Fsp3) is 0.229. The van der Waals surface area contributed by atoms with Crippen molar-refractivity contribution in [2.75, 3.05) is 13.7 Å². The zero-order chi connectivity index (χ0) is 31.5. The van der Waals surface area contributed by atoms with E-state index in [4.69, 9.17) is 18.9 Å². The highest BCUT2D eigenvalue weighted by molar-refractivity contribution is 5.75. The van der Waals surface area contributed by atoms with Gasteiger partial charge in [0.1, 0.15) is 29.7 Å². The predicted molar refractivity (Wildman–Crippen MR) is 160 cm³/mol. The maximum atomic E-state index is 13.3. The lowest BCUT2D eigenvalue weighted by atomic mass is 10.1. The molecule has 0 saturated carbocycles. The van der Waals surface area contributed by atoms with Crippen LogP contribution in [0.15, 0.2) is 97.1 Å². The minimum Gasteiger partial charge on any atom is -0.497 e. The third-order valence-electron chi connectivity index (χ3n) is 6.65. The fourth-order valence-electron chi connectivity index (χ4n) is 4.32. The fourth-order valence-corrected chi connectivity index (χ4v) is 4.32. The van der Waals surface area contributed by atoms with Crippen molar-refractivity contribution in [3.8, 4) is 28.4 Å². The van der Waals surface area contributed by atoms with Crippen LogP contribution in [0.1, 0.15) is 36.5 Å². The van der Waals surface area contributed by atoms with Crippen LogP contribution in [0.2, 0.25) is 0 Å². The Balaban J connectivity index is 1.40. The molecule has 4 rings (SSSR count). The summed E-state index contributed by atoms with van der Waals surface area (Å²) in [6.07, 6.45) is -0.762. The van der Waals surface area contributed by atoms with Gasteiger partial charge in [-0.05, 0) is 91.1 Å². The molecule has 0 spiro atoms. The van der Waals surface area contributed by atoms with E-state index in [2.05, 4.69) is 0 Å². The van der Waals surface area contributed by atoms with Gasteiger partial charge < -0.3 is 18.9 Å². The van der Waals surface area contributed by atoms with Gasteiger partial charge in [0.2, 0.25) is 0 Å². The zero-order valence-corrected chi connectivity index (χ0v) is 24.3. The van der Waals surface area contributed by atoms with Gasteiger partial charge in [0, 0.05) is 5.56 Å². The molecular formula is C35H32F4O5. The number of alkyl halides is 3. The lowest BCUT2D eigenvalue weighted by Gasteiger charge is -2.17. The minimum absolute atomic E-state index is 0.0734. The van der Waals surface area contributed by atoms with Crippen LogP contribution in [0.4, 0.5) is 17.6 Å². The monoisotopic (exact) mass is 608 g/mol.